The molecule has 2 fully saturated rings. The molecular weight excluding hydrogens is 601 g/mol. The molecule has 3 aromatic rings. The third kappa shape index (κ3) is 5.13. The van der Waals surface area contributed by atoms with Crippen LogP contribution in [0.3, 0.4) is 0 Å². The number of carbonyl (C=O) groups is 1. The van der Waals surface area contributed by atoms with Gasteiger partial charge in [0.1, 0.15) is 12.2 Å². The van der Waals surface area contributed by atoms with E-state index in [0.717, 1.165) is 4.57 Å². The minimum absolute atomic E-state index is 0.107. The fourth-order valence-corrected chi connectivity index (χ4v) is 7.30. The Labute approximate surface area is 243 Å². The van der Waals surface area contributed by atoms with Gasteiger partial charge in [0.2, 0.25) is 15.2 Å². The molecule has 230 valence electrons. The van der Waals surface area contributed by atoms with E-state index >= 15 is 0 Å². The maximum atomic E-state index is 13.8. The summed E-state index contributed by atoms with van der Waals surface area (Å²) in [5.41, 5.74) is -1.18. The number of fused-ring (bicyclic) bond motifs is 1. The number of benzene rings is 1. The lowest BCUT2D eigenvalue weighted by Gasteiger charge is -2.42. The number of hydrogen-bond donors (Lipinski definition) is 1. The van der Waals surface area contributed by atoms with Gasteiger partial charge in [-0.2, -0.15) is 4.72 Å². The number of ether oxygens (including phenoxy) is 1. The van der Waals surface area contributed by atoms with Gasteiger partial charge in [-0.3, -0.25) is 4.57 Å². The van der Waals surface area contributed by atoms with E-state index in [1.807, 2.05) is 11.8 Å². The first-order chi connectivity index (χ1) is 19.8. The quantitative estimate of drug-likeness (QED) is 0.398. The van der Waals surface area contributed by atoms with E-state index in [9.17, 15) is 31.2 Å². The predicted octanol–water partition coefficient (Wildman–Crippen LogP) is 1.81. The van der Waals surface area contributed by atoms with E-state index in [0.29, 0.717) is 42.2 Å². The van der Waals surface area contributed by atoms with Crippen LogP contribution in [0.1, 0.15) is 25.3 Å². The highest BCUT2D eigenvalue weighted by Crippen LogP contribution is 2.35. The average Bonchev–Trinajstić information content (AvgIpc) is 3.51. The van der Waals surface area contributed by atoms with Gasteiger partial charge in [-0.1, -0.05) is 11.3 Å². The zero-order valence-corrected chi connectivity index (χ0v) is 25.0. The summed E-state index contributed by atoms with van der Waals surface area (Å²) in [4.78, 5) is 31.2. The van der Waals surface area contributed by atoms with E-state index in [-0.39, 0.29) is 47.4 Å². The minimum atomic E-state index is -4.36. The lowest BCUT2D eigenvalue weighted by molar-refractivity contribution is -0.0725. The Bertz CT molecular complexity index is 1660. The third-order valence-corrected chi connectivity index (χ3v) is 9.84. The van der Waals surface area contributed by atoms with Crippen molar-refractivity contribution in [1.82, 2.24) is 33.9 Å². The number of alkyl halides is 3. The molecule has 13 nitrogen and oxygen atoms in total. The summed E-state index contributed by atoms with van der Waals surface area (Å²) in [7, 11) is -1.05. The van der Waals surface area contributed by atoms with Gasteiger partial charge in [0.25, 0.3) is 6.43 Å². The predicted molar refractivity (Wildman–Crippen MR) is 149 cm³/mol. The van der Waals surface area contributed by atoms with E-state index < -0.39 is 39.4 Å². The SMILES string of the molecule is CCn1c(=O)n(-c2nnc(C(F)F)s2)c2cc(S(=O)(=O)NC3(CF)COC3)cc(N3CCN(C(=O)N(C)C)[C@H](C)C3)c21. The number of amides is 2. The van der Waals surface area contributed by atoms with Gasteiger partial charge in [-0.15, -0.1) is 10.2 Å². The molecule has 18 heteroatoms. The fourth-order valence-electron chi connectivity index (χ4n) is 5.20. The molecule has 0 aliphatic carbocycles. The molecule has 1 atom stereocenters. The van der Waals surface area contributed by atoms with Gasteiger partial charge >= 0.3 is 11.7 Å². The number of aryl methyl sites for hydroxylation is 1. The first-order valence-electron chi connectivity index (χ1n) is 13.1. The number of sulfonamides is 1. The number of carbonyl (C=O) groups excluding carboxylic acids is 1. The van der Waals surface area contributed by atoms with Gasteiger partial charge < -0.3 is 19.4 Å². The van der Waals surface area contributed by atoms with Crippen LogP contribution in [-0.4, -0.2) is 109 Å². The summed E-state index contributed by atoms with van der Waals surface area (Å²) < 4.78 is 77.8. The van der Waals surface area contributed by atoms with Crippen LogP contribution in [0.25, 0.3) is 16.2 Å². The van der Waals surface area contributed by atoms with Crippen molar-refractivity contribution in [2.45, 2.75) is 43.3 Å². The highest BCUT2D eigenvalue weighted by Gasteiger charge is 2.43. The molecule has 2 aliphatic rings. The fraction of sp³-hybridized carbons (Fsp3) is 0.583. The molecule has 2 aliphatic heterocycles. The molecule has 2 amide bonds. The monoisotopic (exact) mass is 632 g/mol. The topological polar surface area (TPSA) is 135 Å². The zero-order chi connectivity index (χ0) is 30.6. The molecule has 0 unspecified atom stereocenters. The second-order valence-electron chi connectivity index (χ2n) is 10.6. The Kier molecular flexibility index (Phi) is 8.01. The highest BCUT2D eigenvalue weighted by atomic mass is 32.2. The molecule has 2 saturated heterocycles. The molecule has 2 aromatic heterocycles. The third-order valence-electron chi connectivity index (χ3n) is 7.37. The van der Waals surface area contributed by atoms with Gasteiger partial charge in [0.05, 0.1) is 34.8 Å². The van der Waals surface area contributed by atoms with Gasteiger partial charge in [-0.25, -0.2) is 35.7 Å². The normalized spacial score (nSPS) is 19.0. The summed E-state index contributed by atoms with van der Waals surface area (Å²) in [6.45, 7) is 3.44. The van der Waals surface area contributed by atoms with Gasteiger partial charge in [0, 0.05) is 46.3 Å². The lowest BCUT2D eigenvalue weighted by Crippen LogP contribution is -2.63. The second kappa shape index (κ2) is 11.1. The van der Waals surface area contributed by atoms with Crippen molar-refractivity contribution in [3.8, 4) is 5.13 Å². The molecule has 0 radical (unpaired) electrons. The Balaban J connectivity index is 1.70. The number of halogens is 3. The Hall–Kier alpha value is -3.22. The van der Waals surface area contributed by atoms with Crippen molar-refractivity contribution < 1.29 is 31.1 Å². The Morgan fingerprint density at radius 3 is 2.50 bits per heavy atom. The molecule has 5 rings (SSSR count). The second-order valence-corrected chi connectivity index (χ2v) is 13.2. The largest absolute Gasteiger partial charge is 0.377 e. The Morgan fingerprint density at radius 1 is 1.26 bits per heavy atom. The van der Waals surface area contributed by atoms with Crippen molar-refractivity contribution in [3.63, 3.8) is 0 Å². The van der Waals surface area contributed by atoms with Crippen LogP contribution in [-0.2, 0) is 21.3 Å². The summed E-state index contributed by atoms with van der Waals surface area (Å²) in [5.74, 6) is 0. The van der Waals surface area contributed by atoms with Crippen LogP contribution in [0.2, 0.25) is 0 Å². The zero-order valence-electron chi connectivity index (χ0n) is 23.4. The van der Waals surface area contributed by atoms with Crippen LogP contribution in [0.15, 0.2) is 21.8 Å². The molecule has 1 N–H and O–H groups in total. The highest BCUT2D eigenvalue weighted by molar-refractivity contribution is 7.89. The number of urea groups is 1. The maximum Gasteiger partial charge on any atom is 0.335 e. The summed E-state index contributed by atoms with van der Waals surface area (Å²) >= 11 is 0.518. The van der Waals surface area contributed by atoms with Crippen LogP contribution in [0, 0.1) is 0 Å². The Morgan fingerprint density at radius 2 is 1.98 bits per heavy atom. The average molecular weight is 633 g/mol. The van der Waals surface area contributed by atoms with Crippen molar-refractivity contribution in [1.29, 1.82) is 0 Å². The van der Waals surface area contributed by atoms with Crippen molar-refractivity contribution >= 4 is 44.1 Å². The standard InChI is InChI=1S/C24H31F3N8O5S2/c1-5-33-18-16(32-6-7-34(14(2)10-32)22(36)31(3)4)8-15(42(38,39)30-24(11-25)12-40-13-24)9-17(18)35(23(33)37)21-29-28-20(41-21)19(26)27/h8-9,14,19,30H,5-7,10-13H2,1-4H3/t14-/m1/s1. The number of anilines is 1. The first kappa shape index (κ1) is 30.2. The maximum absolute atomic E-state index is 13.8. The number of aromatic nitrogens is 4. The first-order valence-corrected chi connectivity index (χ1v) is 15.4. The van der Waals surface area contributed by atoms with Gasteiger partial charge in [-0.05, 0) is 26.0 Å². The summed E-state index contributed by atoms with van der Waals surface area (Å²) in [6, 6.07) is 2.21. The molecule has 0 bridgehead atoms. The van der Waals surface area contributed by atoms with E-state index in [2.05, 4.69) is 14.9 Å². The number of hydrogen-bond acceptors (Lipinski definition) is 9. The van der Waals surface area contributed by atoms with Gasteiger partial charge in [0.15, 0.2) is 5.01 Å². The van der Waals surface area contributed by atoms with E-state index in [1.165, 1.54) is 21.6 Å². The molecular formula is C24H31F3N8O5S2. The number of imidazole rings is 1. The number of nitrogens with zero attached hydrogens (tertiary/aromatic N) is 7. The van der Waals surface area contributed by atoms with Crippen LogP contribution in [0.5, 0.6) is 0 Å². The molecule has 4 heterocycles. The van der Waals surface area contributed by atoms with E-state index in [4.69, 9.17) is 4.74 Å². The number of rotatable bonds is 8. The van der Waals surface area contributed by atoms with Crippen molar-refractivity contribution in [2.24, 2.45) is 0 Å². The lowest BCUT2D eigenvalue weighted by atomic mass is 10.0. The van der Waals surface area contributed by atoms with Crippen molar-refractivity contribution in [3.05, 3.63) is 27.6 Å². The molecule has 0 saturated carbocycles. The van der Waals surface area contributed by atoms with Crippen LogP contribution < -0.4 is 15.3 Å². The summed E-state index contributed by atoms with van der Waals surface area (Å²) in [6.07, 6.45) is -2.91. The smallest absolute Gasteiger partial charge is 0.335 e. The molecule has 0 spiro atoms. The molecule has 1 aromatic carbocycles. The number of nitrogens with one attached hydrogen (secondary N) is 1. The molecule has 42 heavy (non-hydrogen) atoms. The minimum Gasteiger partial charge on any atom is -0.377 e. The van der Waals surface area contributed by atoms with Crippen molar-refractivity contribution in [2.75, 3.05) is 58.5 Å². The summed E-state index contributed by atoms with van der Waals surface area (Å²) in [5, 5.41) is 6.55. The number of piperazine rings is 1. The van der Waals surface area contributed by atoms with Crippen LogP contribution >= 0.6 is 11.3 Å². The van der Waals surface area contributed by atoms with E-state index in [1.54, 1.807) is 25.9 Å². The van der Waals surface area contributed by atoms with Crippen LogP contribution in [0.4, 0.5) is 23.7 Å².